The predicted octanol–water partition coefficient (Wildman–Crippen LogP) is 4.82. The quantitative estimate of drug-likeness (QED) is 0.408. The third kappa shape index (κ3) is 5.17. The molecule has 1 aliphatic carbocycles. The molecule has 0 aromatic heterocycles. The molecule has 2 N–H and O–H groups in total. The van der Waals surface area contributed by atoms with Crippen LogP contribution in [0.25, 0.3) is 6.08 Å². The van der Waals surface area contributed by atoms with Crippen molar-refractivity contribution in [3.8, 4) is 0 Å². The van der Waals surface area contributed by atoms with E-state index < -0.39 is 22.9 Å². The maximum absolute atomic E-state index is 14.6. The van der Waals surface area contributed by atoms with Crippen LogP contribution in [0.2, 0.25) is 5.02 Å². The number of nitrogens with zero attached hydrogens (tertiary/aromatic N) is 2. The molecule has 2 aromatic rings. The van der Waals surface area contributed by atoms with Gasteiger partial charge in [0.1, 0.15) is 17.2 Å². The summed E-state index contributed by atoms with van der Waals surface area (Å²) in [6.45, 7) is 3.50. The molecule has 1 spiro atoms. The molecule has 2 saturated heterocycles. The summed E-state index contributed by atoms with van der Waals surface area (Å²) < 4.78 is 28.0. The molecule has 2 aliphatic heterocycles. The van der Waals surface area contributed by atoms with Gasteiger partial charge >= 0.3 is 6.03 Å². The van der Waals surface area contributed by atoms with E-state index in [-0.39, 0.29) is 33.9 Å². The molecule has 2 aromatic carbocycles. The van der Waals surface area contributed by atoms with Gasteiger partial charge in [-0.15, -0.1) is 0 Å². The lowest BCUT2D eigenvalue weighted by Crippen LogP contribution is -2.62. The summed E-state index contributed by atoms with van der Waals surface area (Å²) in [5, 5.41) is 5.89. The van der Waals surface area contributed by atoms with Gasteiger partial charge in [-0.25, -0.2) is 18.5 Å². The maximum Gasteiger partial charge on any atom is 0.329 e. The Labute approximate surface area is 231 Å². The van der Waals surface area contributed by atoms with E-state index in [1.807, 2.05) is 6.92 Å². The van der Waals surface area contributed by atoms with Crippen LogP contribution in [0.15, 0.2) is 42.5 Å². The summed E-state index contributed by atoms with van der Waals surface area (Å²) in [4.78, 5) is 42.7. The number of benzene rings is 2. The second-order valence-corrected chi connectivity index (χ2v) is 11.2. The van der Waals surface area contributed by atoms with Crippen molar-refractivity contribution in [3.63, 3.8) is 0 Å². The van der Waals surface area contributed by atoms with Crippen LogP contribution in [-0.4, -0.2) is 53.5 Å². The average molecular weight is 557 g/mol. The number of piperazine rings is 1. The number of amides is 4. The van der Waals surface area contributed by atoms with E-state index >= 15 is 0 Å². The normalized spacial score (nSPS) is 23.1. The highest BCUT2D eigenvalue weighted by molar-refractivity contribution is 6.34. The van der Waals surface area contributed by atoms with Crippen LogP contribution >= 0.6 is 11.6 Å². The Balaban J connectivity index is 1.43. The summed E-state index contributed by atoms with van der Waals surface area (Å²) in [5.74, 6) is -1.77. The van der Waals surface area contributed by atoms with Crippen molar-refractivity contribution >= 4 is 41.2 Å². The molecule has 5 rings (SSSR count). The first kappa shape index (κ1) is 27.3. The molecule has 10 heteroatoms. The lowest BCUT2D eigenvalue weighted by atomic mass is 9.81. The molecule has 0 unspecified atom stereocenters. The topological polar surface area (TPSA) is 81.8 Å². The highest BCUT2D eigenvalue weighted by Gasteiger charge is 2.52. The number of halogens is 3. The van der Waals surface area contributed by atoms with Crippen LogP contribution < -0.4 is 15.5 Å². The Morgan fingerprint density at radius 1 is 1.08 bits per heavy atom. The Morgan fingerprint density at radius 3 is 2.51 bits per heavy atom. The van der Waals surface area contributed by atoms with Crippen molar-refractivity contribution in [2.45, 2.75) is 56.5 Å². The van der Waals surface area contributed by atoms with Crippen LogP contribution in [0.4, 0.5) is 19.3 Å². The van der Waals surface area contributed by atoms with Gasteiger partial charge in [0.15, 0.2) is 0 Å². The van der Waals surface area contributed by atoms with E-state index in [9.17, 15) is 23.2 Å². The van der Waals surface area contributed by atoms with Crippen LogP contribution in [0.3, 0.4) is 0 Å². The fraction of sp³-hybridized carbons (Fsp3) is 0.414. The number of anilines is 1. The van der Waals surface area contributed by atoms with Crippen molar-refractivity contribution < 1.29 is 23.2 Å². The molecule has 1 saturated carbocycles. The minimum absolute atomic E-state index is 0.0803. The summed E-state index contributed by atoms with van der Waals surface area (Å²) in [5.41, 5.74) is -0.475. The fourth-order valence-electron chi connectivity index (χ4n) is 5.98. The number of rotatable bonds is 5. The first-order valence-electron chi connectivity index (χ1n) is 13.2. The van der Waals surface area contributed by atoms with Crippen LogP contribution in [0.1, 0.15) is 50.2 Å². The third-order valence-electron chi connectivity index (χ3n) is 8.05. The van der Waals surface area contributed by atoms with Gasteiger partial charge in [0.2, 0.25) is 5.91 Å². The zero-order valence-electron chi connectivity index (χ0n) is 21.7. The fourth-order valence-corrected chi connectivity index (χ4v) is 6.20. The minimum atomic E-state index is -0.962. The average Bonchev–Trinajstić information content (AvgIpc) is 3.14. The molecule has 3 aliphatic rings. The largest absolute Gasteiger partial charge is 0.331 e. The van der Waals surface area contributed by atoms with Gasteiger partial charge in [-0.05, 0) is 62.1 Å². The molecule has 206 valence electrons. The molecule has 0 radical (unpaired) electrons. The smallest absolute Gasteiger partial charge is 0.329 e. The summed E-state index contributed by atoms with van der Waals surface area (Å²) in [6, 6.07) is 8.05. The maximum atomic E-state index is 14.6. The third-order valence-corrected chi connectivity index (χ3v) is 8.43. The summed E-state index contributed by atoms with van der Waals surface area (Å²) >= 11 is 6.33. The number of carbonyl (C=O) groups excluding carboxylic acids is 3. The van der Waals surface area contributed by atoms with Gasteiger partial charge in [0, 0.05) is 31.3 Å². The summed E-state index contributed by atoms with van der Waals surface area (Å²) in [6.07, 6.45) is 6.90. The SMILES string of the molecule is C[C@@]1(Cc2ccc(F)cc2)CNCCN1C(=O)C=Cc1c(N2C(=O)NC3(CCCCC3)C2=O)ccc(F)c1Cl. The number of nitrogens with one attached hydrogen (secondary N) is 2. The van der Waals surface area contributed by atoms with Crippen molar-refractivity contribution in [2.24, 2.45) is 0 Å². The molecule has 39 heavy (non-hydrogen) atoms. The molecule has 4 amide bonds. The Hall–Kier alpha value is -3.30. The lowest BCUT2D eigenvalue weighted by Gasteiger charge is -2.45. The van der Waals surface area contributed by atoms with E-state index in [0.29, 0.717) is 38.9 Å². The van der Waals surface area contributed by atoms with E-state index in [2.05, 4.69) is 10.6 Å². The monoisotopic (exact) mass is 556 g/mol. The highest BCUT2D eigenvalue weighted by atomic mass is 35.5. The zero-order valence-corrected chi connectivity index (χ0v) is 22.5. The molecule has 7 nitrogen and oxygen atoms in total. The zero-order chi connectivity index (χ0) is 27.8. The van der Waals surface area contributed by atoms with Crippen LogP contribution in [-0.2, 0) is 16.0 Å². The van der Waals surface area contributed by atoms with E-state index in [1.54, 1.807) is 17.0 Å². The van der Waals surface area contributed by atoms with Crippen LogP contribution in [0.5, 0.6) is 0 Å². The molecule has 3 fully saturated rings. The van der Waals surface area contributed by atoms with E-state index in [4.69, 9.17) is 11.6 Å². The first-order valence-corrected chi connectivity index (χ1v) is 13.6. The second kappa shape index (κ2) is 10.7. The Kier molecular flexibility index (Phi) is 7.48. The van der Waals surface area contributed by atoms with Gasteiger partial charge in [-0.2, -0.15) is 0 Å². The first-order chi connectivity index (χ1) is 18.6. The van der Waals surface area contributed by atoms with Gasteiger partial charge in [-0.3, -0.25) is 9.59 Å². The van der Waals surface area contributed by atoms with E-state index in [0.717, 1.165) is 35.8 Å². The number of imide groups is 1. The number of urea groups is 1. The number of carbonyl (C=O) groups is 3. The molecular formula is C29H31ClF2N4O3. The van der Waals surface area contributed by atoms with Gasteiger partial charge in [-0.1, -0.05) is 43.0 Å². The molecule has 2 heterocycles. The van der Waals surface area contributed by atoms with Gasteiger partial charge < -0.3 is 15.5 Å². The Bertz CT molecular complexity index is 1330. The number of hydrogen-bond acceptors (Lipinski definition) is 4. The standard InChI is InChI=1S/C29H31ClF2N4O3/c1-28(17-19-5-7-20(31)8-6-19)18-33-15-16-35(28)24(37)12-9-21-23(11-10-22(32)25(21)30)36-26(38)29(34-27(36)39)13-3-2-4-14-29/h5-12,33H,2-4,13-18H2,1H3,(H,34,39)/t28-/m1/s1. The van der Waals surface area contributed by atoms with Crippen molar-refractivity contribution in [3.05, 3.63) is 70.3 Å². The molecule has 1 atom stereocenters. The lowest BCUT2D eigenvalue weighted by molar-refractivity contribution is -0.132. The molecular weight excluding hydrogens is 526 g/mol. The van der Waals surface area contributed by atoms with E-state index in [1.165, 1.54) is 30.4 Å². The Morgan fingerprint density at radius 2 is 1.79 bits per heavy atom. The summed E-state index contributed by atoms with van der Waals surface area (Å²) in [7, 11) is 0. The van der Waals surface area contributed by atoms with Crippen molar-refractivity contribution in [1.29, 1.82) is 0 Å². The van der Waals surface area contributed by atoms with Gasteiger partial charge in [0.25, 0.3) is 5.91 Å². The predicted molar refractivity (Wildman–Crippen MR) is 145 cm³/mol. The van der Waals surface area contributed by atoms with Crippen molar-refractivity contribution in [2.75, 3.05) is 24.5 Å². The minimum Gasteiger partial charge on any atom is -0.331 e. The highest BCUT2D eigenvalue weighted by Crippen LogP contribution is 2.39. The van der Waals surface area contributed by atoms with Gasteiger partial charge in [0.05, 0.1) is 16.2 Å². The number of hydrogen-bond donors (Lipinski definition) is 2. The second-order valence-electron chi connectivity index (χ2n) is 10.8. The van der Waals surface area contributed by atoms with Crippen LogP contribution in [0, 0.1) is 11.6 Å². The molecule has 0 bridgehead atoms. The van der Waals surface area contributed by atoms with Crippen molar-refractivity contribution in [1.82, 2.24) is 15.5 Å².